The molecule has 5 heteroatoms. The summed E-state index contributed by atoms with van der Waals surface area (Å²) in [6.45, 7) is 9.41. The van der Waals surface area contributed by atoms with E-state index in [4.69, 9.17) is 9.47 Å². The van der Waals surface area contributed by atoms with E-state index in [0.29, 0.717) is 26.1 Å². The Labute approximate surface area is 226 Å². The maximum atomic E-state index is 10.8. The lowest BCUT2D eigenvalue weighted by Crippen LogP contribution is -2.03. The number of ether oxygens (including phenoxy) is 2. The van der Waals surface area contributed by atoms with E-state index < -0.39 is 0 Å². The van der Waals surface area contributed by atoms with E-state index >= 15 is 0 Å². The van der Waals surface area contributed by atoms with Crippen molar-refractivity contribution in [2.75, 3.05) is 13.2 Å². The van der Waals surface area contributed by atoms with E-state index in [0.717, 1.165) is 12.8 Å². The fraction of sp³-hybridized carbons (Fsp3) is 0.933. The zero-order valence-corrected chi connectivity index (χ0v) is 25.1. The summed E-state index contributed by atoms with van der Waals surface area (Å²) >= 11 is 0. The first kappa shape index (κ1) is 38.8. The minimum Gasteiger partial charge on any atom is -0.466 e. The molecule has 0 heterocycles. The zero-order chi connectivity index (χ0) is 25.5. The van der Waals surface area contributed by atoms with Gasteiger partial charge in [0.15, 0.2) is 0 Å². The minimum absolute atomic E-state index is 0. The molecule has 0 spiro atoms. The van der Waals surface area contributed by atoms with Gasteiger partial charge in [0.05, 0.1) is 13.2 Å². The molecule has 0 bridgehead atoms. The molecule has 0 saturated carbocycles. The van der Waals surface area contributed by atoms with E-state index in [9.17, 15) is 9.59 Å². The van der Waals surface area contributed by atoms with E-state index in [1.54, 1.807) is 0 Å². The molecule has 0 fully saturated rings. The first-order valence-electron chi connectivity index (χ1n) is 14.9. The Morgan fingerprint density at radius 1 is 0.400 bits per heavy atom. The van der Waals surface area contributed by atoms with Crippen molar-refractivity contribution in [3.05, 3.63) is 0 Å². The fourth-order valence-electron chi connectivity index (χ4n) is 3.76. The normalized spacial score (nSPS) is 10.2. The van der Waals surface area contributed by atoms with E-state index in [-0.39, 0.29) is 25.4 Å². The second-order valence-electron chi connectivity index (χ2n) is 9.51. The summed E-state index contributed by atoms with van der Waals surface area (Å²) in [7, 11) is 0. The number of hydrogen-bond donors (Lipinski definition) is 0. The lowest BCUT2D eigenvalue weighted by molar-refractivity contribution is -0.144. The third kappa shape index (κ3) is 38.0. The maximum absolute atomic E-state index is 10.8. The molecule has 0 radical (unpaired) electrons. The molecule has 0 aliphatic carbocycles. The standard InChI is InChI=1S/2C15H30O2.H2S/c2*1-3-5-6-7-8-9-10-11-12-13-14-17-15(16)4-2;/h2*3-14H2,1-2H3;1H2. The Hall–Kier alpha value is -0.710. The smallest absolute Gasteiger partial charge is 0.305 e. The van der Waals surface area contributed by atoms with Gasteiger partial charge in [-0.25, -0.2) is 0 Å². The van der Waals surface area contributed by atoms with E-state index in [1.807, 2.05) is 13.8 Å². The lowest BCUT2D eigenvalue weighted by Gasteiger charge is -2.03. The predicted octanol–water partition coefficient (Wildman–Crippen LogP) is 9.83. The third-order valence-corrected chi connectivity index (χ3v) is 6.10. The largest absolute Gasteiger partial charge is 0.466 e. The molecule has 0 aromatic carbocycles. The molecule has 0 atom stereocenters. The monoisotopic (exact) mass is 518 g/mol. The number of unbranched alkanes of at least 4 members (excludes halogenated alkanes) is 18. The van der Waals surface area contributed by atoms with Gasteiger partial charge < -0.3 is 9.47 Å². The lowest BCUT2D eigenvalue weighted by atomic mass is 10.1. The van der Waals surface area contributed by atoms with Crippen LogP contribution < -0.4 is 0 Å². The van der Waals surface area contributed by atoms with Crippen molar-refractivity contribution in [1.82, 2.24) is 0 Å². The Bertz CT molecular complexity index is 377. The van der Waals surface area contributed by atoms with Gasteiger partial charge in [0.25, 0.3) is 0 Å². The average molecular weight is 519 g/mol. The van der Waals surface area contributed by atoms with Gasteiger partial charge in [0.2, 0.25) is 0 Å². The Kier molecular flexibility index (Phi) is 39.3. The molecule has 0 aromatic rings. The third-order valence-electron chi connectivity index (χ3n) is 6.10. The van der Waals surface area contributed by atoms with Crippen LogP contribution in [-0.4, -0.2) is 25.2 Å². The fourth-order valence-corrected chi connectivity index (χ4v) is 3.76. The van der Waals surface area contributed by atoms with E-state index in [2.05, 4.69) is 13.8 Å². The first-order chi connectivity index (χ1) is 16.6. The van der Waals surface area contributed by atoms with Gasteiger partial charge in [-0.15, -0.1) is 0 Å². The zero-order valence-electron chi connectivity index (χ0n) is 24.1. The van der Waals surface area contributed by atoms with Gasteiger partial charge in [-0.1, -0.05) is 143 Å². The van der Waals surface area contributed by atoms with Crippen molar-refractivity contribution < 1.29 is 19.1 Å². The van der Waals surface area contributed by atoms with E-state index in [1.165, 1.54) is 116 Å². The van der Waals surface area contributed by atoms with Crippen molar-refractivity contribution >= 4 is 25.4 Å². The molecule has 0 saturated heterocycles. The Morgan fingerprint density at radius 2 is 0.629 bits per heavy atom. The molecule has 0 amide bonds. The van der Waals surface area contributed by atoms with Crippen LogP contribution in [0.2, 0.25) is 0 Å². The molecule has 0 aromatic heterocycles. The highest BCUT2D eigenvalue weighted by Gasteiger charge is 1.98. The van der Waals surface area contributed by atoms with Crippen LogP contribution in [0.15, 0.2) is 0 Å². The molecule has 4 nitrogen and oxygen atoms in total. The summed E-state index contributed by atoms with van der Waals surface area (Å²) in [6.07, 6.45) is 27.3. The molecule has 0 rings (SSSR count). The summed E-state index contributed by atoms with van der Waals surface area (Å²) in [5.74, 6) is -0.137. The highest BCUT2D eigenvalue weighted by atomic mass is 32.1. The molecule has 0 aliphatic heterocycles. The first-order valence-corrected chi connectivity index (χ1v) is 14.9. The number of esters is 2. The highest BCUT2D eigenvalue weighted by Crippen LogP contribution is 2.11. The summed E-state index contributed by atoms with van der Waals surface area (Å²) in [5, 5.41) is 0. The van der Waals surface area contributed by atoms with Crippen LogP contribution in [0.1, 0.15) is 169 Å². The summed E-state index contributed by atoms with van der Waals surface area (Å²) < 4.78 is 10.0. The van der Waals surface area contributed by atoms with Crippen molar-refractivity contribution in [2.24, 2.45) is 0 Å². The van der Waals surface area contributed by atoms with Crippen LogP contribution in [0, 0.1) is 0 Å². The minimum atomic E-state index is -0.0686. The van der Waals surface area contributed by atoms with Crippen LogP contribution >= 0.6 is 13.5 Å². The molecular weight excluding hydrogens is 456 g/mol. The Balaban J connectivity index is -0.000000569. The van der Waals surface area contributed by atoms with Crippen LogP contribution in [0.25, 0.3) is 0 Å². The molecule has 0 N–H and O–H groups in total. The topological polar surface area (TPSA) is 52.6 Å². The van der Waals surface area contributed by atoms with Gasteiger partial charge in [0.1, 0.15) is 0 Å². The van der Waals surface area contributed by atoms with Gasteiger partial charge in [-0.2, -0.15) is 13.5 Å². The predicted molar refractivity (Wildman–Crippen MR) is 157 cm³/mol. The van der Waals surface area contributed by atoms with Crippen LogP contribution in [0.3, 0.4) is 0 Å². The van der Waals surface area contributed by atoms with Crippen molar-refractivity contribution in [3.63, 3.8) is 0 Å². The van der Waals surface area contributed by atoms with Crippen LogP contribution in [-0.2, 0) is 19.1 Å². The second-order valence-corrected chi connectivity index (χ2v) is 9.51. The molecule has 0 aliphatic rings. The molecule has 35 heavy (non-hydrogen) atoms. The number of carbonyl (C=O) groups excluding carboxylic acids is 2. The SMILES string of the molecule is CCCCCCCCCCCCOC(=O)CC.CCCCCCCCCCCCOC(=O)CC.S. The van der Waals surface area contributed by atoms with Crippen molar-refractivity contribution in [3.8, 4) is 0 Å². The van der Waals surface area contributed by atoms with Gasteiger partial charge in [-0.05, 0) is 12.8 Å². The number of hydrogen-bond acceptors (Lipinski definition) is 4. The van der Waals surface area contributed by atoms with Crippen molar-refractivity contribution in [2.45, 2.75) is 169 Å². The molecule has 0 unspecified atom stereocenters. The summed E-state index contributed by atoms with van der Waals surface area (Å²) in [4.78, 5) is 21.7. The Morgan fingerprint density at radius 3 is 0.857 bits per heavy atom. The quantitative estimate of drug-likeness (QED) is 0.0942. The molecule has 212 valence electrons. The van der Waals surface area contributed by atoms with Gasteiger partial charge in [0, 0.05) is 12.8 Å². The van der Waals surface area contributed by atoms with Crippen LogP contribution in [0.4, 0.5) is 0 Å². The van der Waals surface area contributed by atoms with Crippen LogP contribution in [0.5, 0.6) is 0 Å². The number of rotatable bonds is 24. The van der Waals surface area contributed by atoms with Crippen molar-refractivity contribution in [1.29, 1.82) is 0 Å². The molecular formula is C30H62O4S. The highest BCUT2D eigenvalue weighted by molar-refractivity contribution is 7.59. The average Bonchev–Trinajstić information content (AvgIpc) is 2.85. The second kappa shape index (κ2) is 35.5. The number of carbonyl (C=O) groups is 2. The summed E-state index contributed by atoms with van der Waals surface area (Å²) in [6, 6.07) is 0. The van der Waals surface area contributed by atoms with Gasteiger partial charge >= 0.3 is 11.9 Å². The maximum Gasteiger partial charge on any atom is 0.305 e. The van der Waals surface area contributed by atoms with Gasteiger partial charge in [-0.3, -0.25) is 9.59 Å². The summed E-state index contributed by atoms with van der Waals surface area (Å²) in [5.41, 5.74) is 0.